The molecule has 98 valence electrons. The molecule has 0 unspecified atom stereocenters. The molecule has 0 radical (unpaired) electrons. The largest absolute Gasteiger partial charge is 0.497 e. The first kappa shape index (κ1) is 13.7. The molecule has 0 saturated heterocycles. The Labute approximate surface area is 119 Å². The Morgan fingerprint density at radius 1 is 1.26 bits per heavy atom. The number of ketones is 1. The van der Waals surface area contributed by atoms with Gasteiger partial charge in [-0.15, -0.1) is 0 Å². The normalized spacial score (nSPS) is 10.3. The molecule has 4 heteroatoms. The number of carbonyl (C=O) groups is 1. The SMILES string of the molecule is COc1ccc(Br)c(CC(=O)c2ccccc2F)c1. The van der Waals surface area contributed by atoms with E-state index in [1.165, 1.54) is 12.1 Å². The number of Topliss-reactive ketones (excluding diaryl/α,β-unsaturated/α-hetero) is 1. The number of halogens is 2. The molecule has 0 fully saturated rings. The van der Waals surface area contributed by atoms with E-state index in [1.807, 2.05) is 6.07 Å². The van der Waals surface area contributed by atoms with Gasteiger partial charge in [0.05, 0.1) is 12.7 Å². The first-order valence-electron chi connectivity index (χ1n) is 5.72. The maximum Gasteiger partial charge on any atom is 0.170 e. The van der Waals surface area contributed by atoms with Gasteiger partial charge in [-0.3, -0.25) is 4.79 Å². The van der Waals surface area contributed by atoms with Crippen LogP contribution in [0.15, 0.2) is 46.9 Å². The molecule has 2 rings (SSSR count). The maximum atomic E-state index is 13.5. The van der Waals surface area contributed by atoms with Crippen molar-refractivity contribution in [1.82, 2.24) is 0 Å². The van der Waals surface area contributed by atoms with Crippen LogP contribution in [0.4, 0.5) is 4.39 Å². The minimum absolute atomic E-state index is 0.109. The lowest BCUT2D eigenvalue weighted by atomic mass is 10.0. The zero-order valence-corrected chi connectivity index (χ0v) is 11.9. The van der Waals surface area contributed by atoms with Crippen molar-refractivity contribution in [3.63, 3.8) is 0 Å². The van der Waals surface area contributed by atoms with Crippen LogP contribution >= 0.6 is 15.9 Å². The summed E-state index contributed by atoms with van der Waals surface area (Å²) in [5.41, 5.74) is 0.879. The lowest BCUT2D eigenvalue weighted by molar-refractivity contribution is 0.0989. The fourth-order valence-corrected chi connectivity index (χ4v) is 2.16. The van der Waals surface area contributed by atoms with Crippen LogP contribution in [-0.2, 0) is 6.42 Å². The lowest BCUT2D eigenvalue weighted by Crippen LogP contribution is -2.06. The van der Waals surface area contributed by atoms with Gasteiger partial charge in [-0.2, -0.15) is 0 Å². The fraction of sp³-hybridized carbons (Fsp3) is 0.133. The molecule has 0 aliphatic carbocycles. The minimum Gasteiger partial charge on any atom is -0.497 e. The van der Waals surface area contributed by atoms with E-state index in [4.69, 9.17) is 4.74 Å². The molecule has 0 aliphatic heterocycles. The van der Waals surface area contributed by atoms with Crippen LogP contribution in [-0.4, -0.2) is 12.9 Å². The van der Waals surface area contributed by atoms with Crippen molar-refractivity contribution in [3.05, 3.63) is 63.9 Å². The first-order valence-corrected chi connectivity index (χ1v) is 6.51. The molecule has 2 aromatic carbocycles. The van der Waals surface area contributed by atoms with Gasteiger partial charge in [0.15, 0.2) is 5.78 Å². The van der Waals surface area contributed by atoms with Crippen molar-refractivity contribution in [2.45, 2.75) is 6.42 Å². The Kier molecular flexibility index (Phi) is 4.32. The number of hydrogen-bond donors (Lipinski definition) is 0. The number of ether oxygens (including phenoxy) is 1. The number of hydrogen-bond acceptors (Lipinski definition) is 2. The molecule has 0 spiro atoms. The monoisotopic (exact) mass is 322 g/mol. The van der Waals surface area contributed by atoms with E-state index < -0.39 is 5.82 Å². The molecule has 0 N–H and O–H groups in total. The van der Waals surface area contributed by atoms with Gasteiger partial charge in [0, 0.05) is 10.9 Å². The molecular weight excluding hydrogens is 311 g/mol. The summed E-state index contributed by atoms with van der Waals surface area (Å²) in [6, 6.07) is 11.4. The predicted molar refractivity (Wildman–Crippen MR) is 75.1 cm³/mol. The summed E-state index contributed by atoms with van der Waals surface area (Å²) in [5, 5.41) is 0. The van der Waals surface area contributed by atoms with Crippen LogP contribution in [0, 0.1) is 5.82 Å². The highest BCUT2D eigenvalue weighted by Crippen LogP contribution is 2.24. The molecule has 0 aliphatic rings. The highest BCUT2D eigenvalue weighted by atomic mass is 79.9. The van der Waals surface area contributed by atoms with Crippen LogP contribution in [0.3, 0.4) is 0 Å². The van der Waals surface area contributed by atoms with Crippen molar-refractivity contribution in [2.75, 3.05) is 7.11 Å². The van der Waals surface area contributed by atoms with E-state index in [1.54, 1.807) is 31.4 Å². The van der Waals surface area contributed by atoms with Crippen molar-refractivity contribution in [3.8, 4) is 5.75 Å². The molecule has 2 nitrogen and oxygen atoms in total. The van der Waals surface area contributed by atoms with E-state index in [2.05, 4.69) is 15.9 Å². The van der Waals surface area contributed by atoms with Crippen LogP contribution < -0.4 is 4.74 Å². The predicted octanol–water partition coefficient (Wildman–Crippen LogP) is 4.02. The highest BCUT2D eigenvalue weighted by Gasteiger charge is 2.13. The lowest BCUT2D eigenvalue weighted by Gasteiger charge is -2.07. The summed E-state index contributed by atoms with van der Waals surface area (Å²) >= 11 is 3.38. The van der Waals surface area contributed by atoms with E-state index in [0.29, 0.717) is 5.75 Å². The Bertz CT molecular complexity index is 611. The topological polar surface area (TPSA) is 26.3 Å². The number of rotatable bonds is 4. The van der Waals surface area contributed by atoms with Gasteiger partial charge in [0.2, 0.25) is 0 Å². The fourth-order valence-electron chi connectivity index (χ4n) is 1.77. The van der Waals surface area contributed by atoms with Gasteiger partial charge < -0.3 is 4.74 Å². The van der Waals surface area contributed by atoms with E-state index in [9.17, 15) is 9.18 Å². The van der Waals surface area contributed by atoms with Gasteiger partial charge in [-0.25, -0.2) is 4.39 Å². The standard InChI is InChI=1S/C15H12BrFO2/c1-19-11-6-7-13(16)10(8-11)9-15(18)12-4-2-3-5-14(12)17/h2-8H,9H2,1H3. The van der Waals surface area contributed by atoms with Crippen molar-refractivity contribution >= 4 is 21.7 Å². The Hall–Kier alpha value is -1.68. The second-order valence-corrected chi connectivity index (χ2v) is 4.89. The molecule has 0 saturated carbocycles. The van der Waals surface area contributed by atoms with Crippen LogP contribution in [0.1, 0.15) is 15.9 Å². The second-order valence-electron chi connectivity index (χ2n) is 4.04. The highest BCUT2D eigenvalue weighted by molar-refractivity contribution is 9.10. The Morgan fingerprint density at radius 2 is 2.00 bits per heavy atom. The smallest absolute Gasteiger partial charge is 0.170 e. The number of carbonyl (C=O) groups excluding carboxylic acids is 1. The minimum atomic E-state index is -0.494. The number of benzene rings is 2. The molecule has 0 amide bonds. The van der Waals surface area contributed by atoms with Crippen LogP contribution in [0.5, 0.6) is 5.75 Å². The molecule has 0 bridgehead atoms. The van der Waals surface area contributed by atoms with E-state index in [-0.39, 0.29) is 17.8 Å². The van der Waals surface area contributed by atoms with Gasteiger partial charge >= 0.3 is 0 Å². The maximum absolute atomic E-state index is 13.5. The molecular formula is C15H12BrFO2. The quantitative estimate of drug-likeness (QED) is 0.795. The van der Waals surface area contributed by atoms with Gasteiger partial charge in [0.1, 0.15) is 11.6 Å². The van der Waals surface area contributed by atoms with Crippen molar-refractivity contribution in [1.29, 1.82) is 0 Å². The molecule has 2 aromatic rings. The van der Waals surface area contributed by atoms with Gasteiger partial charge in [-0.1, -0.05) is 28.1 Å². The Balaban J connectivity index is 2.26. The van der Waals surface area contributed by atoms with Crippen LogP contribution in [0.2, 0.25) is 0 Å². The van der Waals surface area contributed by atoms with Gasteiger partial charge in [-0.05, 0) is 35.9 Å². The zero-order chi connectivity index (χ0) is 13.8. The summed E-state index contributed by atoms with van der Waals surface area (Å²) in [7, 11) is 1.56. The summed E-state index contributed by atoms with van der Waals surface area (Å²) in [6.45, 7) is 0. The second kappa shape index (κ2) is 5.97. The molecule has 0 atom stereocenters. The van der Waals surface area contributed by atoms with E-state index in [0.717, 1.165) is 10.0 Å². The average molecular weight is 323 g/mol. The van der Waals surface area contributed by atoms with E-state index >= 15 is 0 Å². The third kappa shape index (κ3) is 3.20. The summed E-state index contributed by atoms with van der Waals surface area (Å²) in [4.78, 5) is 12.1. The molecule has 19 heavy (non-hydrogen) atoms. The first-order chi connectivity index (χ1) is 9.11. The summed E-state index contributed by atoms with van der Waals surface area (Å²) < 4.78 is 19.4. The van der Waals surface area contributed by atoms with Crippen LogP contribution in [0.25, 0.3) is 0 Å². The third-order valence-corrected chi connectivity index (χ3v) is 3.55. The number of methoxy groups -OCH3 is 1. The molecule has 0 heterocycles. The summed E-state index contributed by atoms with van der Waals surface area (Å²) in [6.07, 6.45) is 0.124. The Morgan fingerprint density at radius 3 is 2.68 bits per heavy atom. The average Bonchev–Trinajstić information content (AvgIpc) is 2.41. The third-order valence-electron chi connectivity index (χ3n) is 2.78. The molecule has 0 aromatic heterocycles. The van der Waals surface area contributed by atoms with Crippen molar-refractivity contribution in [2.24, 2.45) is 0 Å². The van der Waals surface area contributed by atoms with Gasteiger partial charge in [0.25, 0.3) is 0 Å². The zero-order valence-electron chi connectivity index (χ0n) is 10.3. The van der Waals surface area contributed by atoms with Crippen molar-refractivity contribution < 1.29 is 13.9 Å². The summed E-state index contributed by atoms with van der Waals surface area (Å²) in [5.74, 6) is -0.0851.